The van der Waals surface area contributed by atoms with Crippen molar-refractivity contribution in [3.8, 4) is 0 Å². The van der Waals surface area contributed by atoms with E-state index in [4.69, 9.17) is 9.15 Å². The largest absolute Gasteiger partial charge is 0.468 e. The molecule has 1 aromatic heterocycles. The highest BCUT2D eigenvalue weighted by molar-refractivity contribution is 7.89. The maximum atomic E-state index is 12.8. The highest BCUT2D eigenvalue weighted by Crippen LogP contribution is 2.23. The number of nitrogens with one attached hydrogen (secondary N) is 1. The Balaban J connectivity index is 1.54. The van der Waals surface area contributed by atoms with Crippen LogP contribution in [0.4, 0.5) is 0 Å². The summed E-state index contributed by atoms with van der Waals surface area (Å²) in [6.45, 7) is 2.98. The average molecular weight is 386 g/mol. The number of furan rings is 1. The van der Waals surface area contributed by atoms with Gasteiger partial charge in [0.15, 0.2) is 0 Å². The van der Waals surface area contributed by atoms with E-state index in [2.05, 4.69) is 9.62 Å². The van der Waals surface area contributed by atoms with E-state index in [1.54, 1.807) is 18.4 Å². The second-order valence-corrected chi connectivity index (χ2v) is 8.31. The summed E-state index contributed by atoms with van der Waals surface area (Å²) in [5.74, 6) is 0.748. The van der Waals surface area contributed by atoms with Gasteiger partial charge in [0.1, 0.15) is 5.76 Å². The summed E-state index contributed by atoms with van der Waals surface area (Å²) in [7, 11) is -3.63. The molecule has 0 spiro atoms. The van der Waals surface area contributed by atoms with Crippen molar-refractivity contribution < 1.29 is 17.6 Å². The van der Waals surface area contributed by atoms with Crippen LogP contribution in [0.2, 0.25) is 0 Å². The third kappa shape index (κ3) is 4.06. The number of fused-ring (bicyclic) bond motifs is 1. The lowest BCUT2D eigenvalue weighted by Gasteiger charge is -2.33. The fourth-order valence-corrected chi connectivity index (χ4v) is 4.46. The van der Waals surface area contributed by atoms with Gasteiger partial charge in [0.2, 0.25) is 10.0 Å². The molecule has 4 rings (SSSR count). The average Bonchev–Trinajstić information content (AvgIpc) is 3.23. The molecular formula is C20H22N2O4S. The van der Waals surface area contributed by atoms with E-state index in [-0.39, 0.29) is 17.5 Å². The van der Waals surface area contributed by atoms with Crippen LogP contribution in [0.5, 0.6) is 0 Å². The third-order valence-electron chi connectivity index (χ3n) is 4.86. The molecule has 142 valence electrons. The fourth-order valence-electron chi connectivity index (χ4n) is 3.39. The predicted molar refractivity (Wildman–Crippen MR) is 103 cm³/mol. The van der Waals surface area contributed by atoms with Crippen LogP contribution in [0.1, 0.15) is 11.8 Å². The van der Waals surface area contributed by atoms with Gasteiger partial charge in [-0.25, -0.2) is 13.1 Å². The quantitative estimate of drug-likeness (QED) is 0.705. The van der Waals surface area contributed by atoms with Gasteiger partial charge in [0.05, 0.1) is 30.4 Å². The Morgan fingerprint density at radius 3 is 2.52 bits per heavy atom. The zero-order chi connectivity index (χ0) is 18.7. The predicted octanol–water partition coefficient (Wildman–Crippen LogP) is 2.78. The van der Waals surface area contributed by atoms with E-state index in [1.165, 1.54) is 0 Å². The summed E-state index contributed by atoms with van der Waals surface area (Å²) in [5, 5.41) is 1.91. The second-order valence-electron chi connectivity index (χ2n) is 6.54. The topological polar surface area (TPSA) is 71.8 Å². The molecule has 1 fully saturated rings. The monoisotopic (exact) mass is 386 g/mol. The van der Waals surface area contributed by atoms with Crippen molar-refractivity contribution in [2.24, 2.45) is 0 Å². The van der Waals surface area contributed by atoms with Crippen LogP contribution in [0.15, 0.2) is 70.2 Å². The minimum Gasteiger partial charge on any atom is -0.468 e. The van der Waals surface area contributed by atoms with E-state index >= 15 is 0 Å². The Labute approximate surface area is 158 Å². The first-order valence-electron chi connectivity index (χ1n) is 8.97. The molecule has 6 nitrogen and oxygen atoms in total. The van der Waals surface area contributed by atoms with Crippen molar-refractivity contribution in [1.29, 1.82) is 0 Å². The molecule has 0 bridgehead atoms. The zero-order valence-electron chi connectivity index (χ0n) is 14.9. The number of sulfonamides is 1. The van der Waals surface area contributed by atoms with E-state index < -0.39 is 10.0 Å². The summed E-state index contributed by atoms with van der Waals surface area (Å²) in [6, 6.07) is 16.4. The minimum absolute atomic E-state index is 0.167. The van der Waals surface area contributed by atoms with Crippen LogP contribution in [0.25, 0.3) is 10.8 Å². The smallest absolute Gasteiger partial charge is 0.240 e. The maximum Gasteiger partial charge on any atom is 0.240 e. The standard InChI is InChI=1S/C20H22N2O4S/c23-27(24,18-8-7-16-4-1-2-5-17(16)14-18)21-15-19(20-6-3-11-26-20)22-9-12-25-13-10-22/h1-8,11,14,19,21H,9-10,12-13,15H2. The molecule has 3 aromatic rings. The van der Waals surface area contributed by atoms with Gasteiger partial charge in [-0.2, -0.15) is 0 Å². The highest BCUT2D eigenvalue weighted by atomic mass is 32.2. The lowest BCUT2D eigenvalue weighted by molar-refractivity contribution is 0.0128. The molecule has 0 radical (unpaired) electrons. The summed E-state index contributed by atoms with van der Waals surface area (Å²) < 4.78 is 39.4. The van der Waals surface area contributed by atoms with Crippen LogP contribution in [0.3, 0.4) is 0 Å². The normalized spacial score (nSPS) is 17.2. The van der Waals surface area contributed by atoms with E-state index in [1.807, 2.05) is 42.5 Å². The molecule has 1 saturated heterocycles. The van der Waals surface area contributed by atoms with Gasteiger partial charge in [0.25, 0.3) is 0 Å². The van der Waals surface area contributed by atoms with Crippen molar-refractivity contribution in [3.05, 3.63) is 66.6 Å². The van der Waals surface area contributed by atoms with E-state index in [9.17, 15) is 8.42 Å². The third-order valence-corrected chi connectivity index (χ3v) is 6.28. The van der Waals surface area contributed by atoms with Gasteiger partial charge in [-0.15, -0.1) is 0 Å². The lowest BCUT2D eigenvalue weighted by Crippen LogP contribution is -2.43. The Morgan fingerprint density at radius 1 is 1.00 bits per heavy atom. The Kier molecular flexibility index (Phi) is 5.27. The minimum atomic E-state index is -3.63. The molecule has 0 saturated carbocycles. The Hall–Kier alpha value is -2.19. The number of benzene rings is 2. The zero-order valence-corrected chi connectivity index (χ0v) is 15.7. The van der Waals surface area contributed by atoms with Gasteiger partial charge < -0.3 is 9.15 Å². The first-order valence-corrected chi connectivity index (χ1v) is 10.5. The van der Waals surface area contributed by atoms with Gasteiger partial charge in [-0.1, -0.05) is 30.3 Å². The van der Waals surface area contributed by atoms with Crippen molar-refractivity contribution in [1.82, 2.24) is 9.62 Å². The molecule has 1 aliphatic rings. The van der Waals surface area contributed by atoms with Crippen molar-refractivity contribution in [3.63, 3.8) is 0 Å². The molecule has 1 aliphatic heterocycles. The number of hydrogen-bond donors (Lipinski definition) is 1. The molecule has 2 aromatic carbocycles. The van der Waals surface area contributed by atoms with Gasteiger partial charge in [0, 0.05) is 19.6 Å². The Morgan fingerprint density at radius 2 is 1.78 bits per heavy atom. The molecular weight excluding hydrogens is 364 g/mol. The summed E-state index contributed by atoms with van der Waals surface area (Å²) in [5.41, 5.74) is 0. The van der Waals surface area contributed by atoms with Crippen molar-refractivity contribution >= 4 is 20.8 Å². The molecule has 1 atom stereocenters. The van der Waals surface area contributed by atoms with Crippen LogP contribution in [-0.4, -0.2) is 46.2 Å². The number of morpholine rings is 1. The highest BCUT2D eigenvalue weighted by Gasteiger charge is 2.27. The number of nitrogens with zero attached hydrogens (tertiary/aromatic N) is 1. The van der Waals surface area contributed by atoms with Gasteiger partial charge in [-0.3, -0.25) is 4.90 Å². The fraction of sp³-hybridized carbons (Fsp3) is 0.300. The van der Waals surface area contributed by atoms with Crippen LogP contribution >= 0.6 is 0 Å². The first-order chi connectivity index (χ1) is 13.1. The molecule has 0 aliphatic carbocycles. The van der Waals surface area contributed by atoms with Crippen LogP contribution in [-0.2, 0) is 14.8 Å². The molecule has 0 amide bonds. The summed E-state index contributed by atoms with van der Waals surface area (Å²) in [6.07, 6.45) is 1.61. The van der Waals surface area contributed by atoms with Crippen LogP contribution < -0.4 is 4.72 Å². The first kappa shape index (κ1) is 18.2. The molecule has 1 N–H and O–H groups in total. The number of rotatable bonds is 6. The van der Waals surface area contributed by atoms with Gasteiger partial charge >= 0.3 is 0 Å². The van der Waals surface area contributed by atoms with Crippen molar-refractivity contribution in [2.45, 2.75) is 10.9 Å². The SMILES string of the molecule is O=S(=O)(NCC(c1ccco1)N1CCOCC1)c1ccc2ccccc2c1. The summed E-state index contributed by atoms with van der Waals surface area (Å²) in [4.78, 5) is 2.45. The second kappa shape index (κ2) is 7.82. The lowest BCUT2D eigenvalue weighted by atomic mass is 10.1. The molecule has 1 unspecified atom stereocenters. The van der Waals surface area contributed by atoms with Crippen LogP contribution in [0, 0.1) is 0 Å². The Bertz CT molecular complexity index is 996. The van der Waals surface area contributed by atoms with Gasteiger partial charge in [-0.05, 0) is 35.0 Å². The van der Waals surface area contributed by atoms with Crippen molar-refractivity contribution in [2.75, 3.05) is 32.8 Å². The molecule has 27 heavy (non-hydrogen) atoms. The van der Waals surface area contributed by atoms with E-state index in [0.717, 1.165) is 29.6 Å². The van der Waals surface area contributed by atoms with E-state index in [0.29, 0.717) is 13.2 Å². The number of hydrogen-bond acceptors (Lipinski definition) is 5. The summed E-state index contributed by atoms with van der Waals surface area (Å²) >= 11 is 0. The number of ether oxygens (including phenoxy) is 1. The maximum absolute atomic E-state index is 12.8. The molecule has 2 heterocycles. The molecule has 7 heteroatoms.